The third-order valence-electron chi connectivity index (χ3n) is 5.89. The van der Waals surface area contributed by atoms with Crippen LogP contribution in [0.2, 0.25) is 0 Å². The summed E-state index contributed by atoms with van der Waals surface area (Å²) < 4.78 is 0. The molecule has 5 nitrogen and oxygen atoms in total. The molecule has 4 aromatic rings. The first kappa shape index (κ1) is 25.8. The van der Waals surface area contributed by atoms with E-state index in [4.69, 9.17) is 12.2 Å². The molecule has 0 aromatic heterocycles. The van der Waals surface area contributed by atoms with Crippen LogP contribution in [0.1, 0.15) is 42.3 Å². The Morgan fingerprint density at radius 1 is 0.757 bits per heavy atom. The topological polar surface area (TPSA) is 70.2 Å². The maximum absolute atomic E-state index is 12.6. The number of anilines is 2. The molecule has 0 fully saturated rings. The largest absolute Gasteiger partial charge is 0.332 e. The Balaban J connectivity index is 1.30. The molecule has 186 valence electrons. The van der Waals surface area contributed by atoms with Crippen LogP contribution in [-0.2, 0) is 10.2 Å². The van der Waals surface area contributed by atoms with Gasteiger partial charge in [-0.2, -0.15) is 0 Å². The number of fused-ring (bicyclic) bond motifs is 1. The van der Waals surface area contributed by atoms with Crippen LogP contribution in [0.15, 0.2) is 97.1 Å². The highest BCUT2D eigenvalue weighted by Gasteiger charge is 2.14. The summed E-state index contributed by atoms with van der Waals surface area (Å²) in [6.07, 6.45) is 3.23. The fourth-order valence-electron chi connectivity index (χ4n) is 3.84. The van der Waals surface area contributed by atoms with Gasteiger partial charge in [-0.3, -0.25) is 14.9 Å². The zero-order chi connectivity index (χ0) is 26.4. The number of hydrogen-bond donors (Lipinski definition) is 3. The van der Waals surface area contributed by atoms with Crippen molar-refractivity contribution in [2.45, 2.75) is 26.2 Å². The van der Waals surface area contributed by atoms with Crippen LogP contribution < -0.4 is 16.0 Å². The Hall–Kier alpha value is -4.29. The van der Waals surface area contributed by atoms with Gasteiger partial charge in [0.05, 0.1) is 0 Å². The summed E-state index contributed by atoms with van der Waals surface area (Å²) in [5.74, 6) is -0.506. The SMILES string of the molecule is CC(C)(C)c1ccc(C(=O)Nc2ccc(NC(=S)NC(=O)/C=C/c3cccc4ccccc34)cc2)cc1. The van der Waals surface area contributed by atoms with E-state index >= 15 is 0 Å². The Morgan fingerprint density at radius 3 is 2.05 bits per heavy atom. The highest BCUT2D eigenvalue weighted by Crippen LogP contribution is 2.23. The fourth-order valence-corrected chi connectivity index (χ4v) is 4.06. The number of carbonyl (C=O) groups is 2. The first-order valence-electron chi connectivity index (χ1n) is 12.0. The Kier molecular flexibility index (Phi) is 7.80. The van der Waals surface area contributed by atoms with Crippen LogP contribution >= 0.6 is 12.2 Å². The predicted molar refractivity (Wildman–Crippen MR) is 157 cm³/mol. The van der Waals surface area contributed by atoms with Crippen molar-refractivity contribution in [3.63, 3.8) is 0 Å². The van der Waals surface area contributed by atoms with Gasteiger partial charge in [-0.15, -0.1) is 0 Å². The molecule has 0 aliphatic rings. The van der Waals surface area contributed by atoms with Crippen LogP contribution in [0, 0.1) is 0 Å². The summed E-state index contributed by atoms with van der Waals surface area (Å²) >= 11 is 5.28. The van der Waals surface area contributed by atoms with Crippen LogP contribution in [0.25, 0.3) is 16.8 Å². The van der Waals surface area contributed by atoms with Crippen LogP contribution in [0.5, 0.6) is 0 Å². The maximum Gasteiger partial charge on any atom is 0.255 e. The van der Waals surface area contributed by atoms with Gasteiger partial charge < -0.3 is 10.6 Å². The lowest BCUT2D eigenvalue weighted by atomic mass is 9.87. The van der Waals surface area contributed by atoms with E-state index in [0.717, 1.165) is 16.3 Å². The number of thiocarbonyl (C=S) groups is 1. The van der Waals surface area contributed by atoms with E-state index in [2.05, 4.69) is 36.7 Å². The normalized spacial score (nSPS) is 11.3. The second-order valence-corrected chi connectivity index (χ2v) is 10.1. The lowest BCUT2D eigenvalue weighted by molar-refractivity contribution is -0.115. The van der Waals surface area contributed by atoms with Gasteiger partial charge in [-0.25, -0.2) is 0 Å². The minimum atomic E-state index is -0.327. The molecule has 37 heavy (non-hydrogen) atoms. The van der Waals surface area contributed by atoms with Crippen molar-refractivity contribution in [1.82, 2.24) is 5.32 Å². The van der Waals surface area contributed by atoms with Gasteiger partial charge in [-0.1, -0.05) is 75.4 Å². The van der Waals surface area contributed by atoms with Crippen molar-refractivity contribution < 1.29 is 9.59 Å². The molecule has 3 N–H and O–H groups in total. The minimum absolute atomic E-state index is 0.0327. The molecule has 0 bridgehead atoms. The van der Waals surface area contributed by atoms with E-state index < -0.39 is 0 Å². The quantitative estimate of drug-likeness (QED) is 0.203. The summed E-state index contributed by atoms with van der Waals surface area (Å²) in [5.41, 5.74) is 4.10. The zero-order valence-corrected chi connectivity index (χ0v) is 21.9. The van der Waals surface area contributed by atoms with E-state index in [0.29, 0.717) is 16.9 Å². The van der Waals surface area contributed by atoms with Gasteiger partial charge in [0.2, 0.25) is 5.91 Å². The van der Waals surface area contributed by atoms with Gasteiger partial charge in [0.25, 0.3) is 5.91 Å². The first-order chi connectivity index (χ1) is 17.7. The van der Waals surface area contributed by atoms with Gasteiger partial charge in [-0.05, 0) is 82.0 Å². The molecule has 0 radical (unpaired) electrons. The zero-order valence-electron chi connectivity index (χ0n) is 21.0. The Bertz CT molecular complexity index is 1460. The molecular weight excluding hydrogens is 478 g/mol. The average Bonchev–Trinajstić information content (AvgIpc) is 2.88. The summed E-state index contributed by atoms with van der Waals surface area (Å²) in [4.78, 5) is 25.0. The molecule has 0 saturated carbocycles. The van der Waals surface area contributed by atoms with Crippen molar-refractivity contribution in [2.75, 3.05) is 10.6 Å². The minimum Gasteiger partial charge on any atom is -0.332 e. The standard InChI is InChI=1S/C31H29N3O2S/c1-31(2,3)24-14-11-23(12-15-24)29(36)32-25-16-18-26(19-17-25)33-30(37)34-28(35)20-13-22-9-6-8-21-7-4-5-10-27(21)22/h4-20H,1-3H3,(H,32,36)(H2,33,34,35,37)/b20-13+. The summed E-state index contributed by atoms with van der Waals surface area (Å²) in [6.45, 7) is 6.41. The van der Waals surface area contributed by atoms with Crippen molar-refractivity contribution in [2.24, 2.45) is 0 Å². The van der Waals surface area contributed by atoms with E-state index in [-0.39, 0.29) is 22.3 Å². The van der Waals surface area contributed by atoms with Crippen LogP contribution in [0.3, 0.4) is 0 Å². The monoisotopic (exact) mass is 507 g/mol. The fraction of sp³-hybridized carbons (Fsp3) is 0.129. The molecule has 0 atom stereocenters. The smallest absolute Gasteiger partial charge is 0.255 e. The number of rotatable bonds is 5. The van der Waals surface area contributed by atoms with Gasteiger partial charge in [0.15, 0.2) is 5.11 Å². The maximum atomic E-state index is 12.6. The first-order valence-corrected chi connectivity index (χ1v) is 12.4. The van der Waals surface area contributed by atoms with Crippen molar-refractivity contribution in [3.8, 4) is 0 Å². The van der Waals surface area contributed by atoms with Crippen molar-refractivity contribution in [1.29, 1.82) is 0 Å². The summed E-state index contributed by atoms with van der Waals surface area (Å²) in [5, 5.41) is 10.9. The molecule has 0 heterocycles. The molecule has 2 amide bonds. The number of nitrogens with one attached hydrogen (secondary N) is 3. The molecule has 0 spiro atoms. The number of carbonyl (C=O) groups excluding carboxylic acids is 2. The van der Waals surface area contributed by atoms with Crippen molar-refractivity contribution in [3.05, 3.63) is 114 Å². The Morgan fingerprint density at radius 2 is 1.38 bits per heavy atom. The van der Waals surface area contributed by atoms with E-state index in [1.165, 1.54) is 11.6 Å². The number of amides is 2. The van der Waals surface area contributed by atoms with Gasteiger partial charge >= 0.3 is 0 Å². The third-order valence-corrected chi connectivity index (χ3v) is 6.09. The van der Waals surface area contributed by atoms with Gasteiger partial charge in [0.1, 0.15) is 0 Å². The molecule has 4 rings (SSSR count). The second kappa shape index (κ2) is 11.2. The van der Waals surface area contributed by atoms with Crippen LogP contribution in [-0.4, -0.2) is 16.9 Å². The molecule has 0 aliphatic carbocycles. The highest BCUT2D eigenvalue weighted by atomic mass is 32.1. The average molecular weight is 508 g/mol. The van der Waals surface area contributed by atoms with Gasteiger partial charge in [0, 0.05) is 23.0 Å². The third kappa shape index (κ3) is 6.90. The lowest BCUT2D eigenvalue weighted by Gasteiger charge is -2.19. The van der Waals surface area contributed by atoms with E-state index in [9.17, 15) is 9.59 Å². The molecule has 0 aliphatic heterocycles. The highest BCUT2D eigenvalue weighted by molar-refractivity contribution is 7.80. The van der Waals surface area contributed by atoms with Crippen molar-refractivity contribution >= 4 is 57.4 Å². The molecule has 0 saturated heterocycles. The molecule has 0 unspecified atom stereocenters. The number of benzene rings is 4. The van der Waals surface area contributed by atoms with E-state index in [1.807, 2.05) is 66.7 Å². The molecular formula is C31H29N3O2S. The molecule has 4 aromatic carbocycles. The summed E-state index contributed by atoms with van der Waals surface area (Å²) in [7, 11) is 0. The number of hydrogen-bond acceptors (Lipinski definition) is 3. The lowest BCUT2D eigenvalue weighted by Crippen LogP contribution is -2.32. The Labute approximate surface area is 222 Å². The van der Waals surface area contributed by atoms with E-state index in [1.54, 1.807) is 30.3 Å². The van der Waals surface area contributed by atoms with Crippen LogP contribution in [0.4, 0.5) is 11.4 Å². The predicted octanol–water partition coefficient (Wildman–Crippen LogP) is 6.92. The second-order valence-electron chi connectivity index (χ2n) is 9.70. The molecule has 6 heteroatoms. The summed E-state index contributed by atoms with van der Waals surface area (Å²) in [6, 6.07) is 28.7.